The van der Waals surface area contributed by atoms with E-state index in [1.165, 1.54) is 180 Å². The van der Waals surface area contributed by atoms with Gasteiger partial charge in [-0.05, 0) is 38.5 Å². The minimum absolute atomic E-state index is 0.0815. The minimum atomic E-state index is -0.785. The summed E-state index contributed by atoms with van der Waals surface area (Å²) in [7, 11) is 0. The van der Waals surface area contributed by atoms with Gasteiger partial charge >= 0.3 is 17.9 Å². The van der Waals surface area contributed by atoms with Crippen molar-refractivity contribution >= 4 is 17.9 Å². The Balaban J connectivity index is 4.35. The number of hydrogen-bond donors (Lipinski definition) is 0. The van der Waals surface area contributed by atoms with Crippen LogP contribution in [0.15, 0.2) is 48.6 Å². The summed E-state index contributed by atoms with van der Waals surface area (Å²) in [5, 5.41) is 0. The van der Waals surface area contributed by atoms with E-state index in [1.807, 2.05) is 30.4 Å². The molecule has 0 aliphatic carbocycles. The van der Waals surface area contributed by atoms with Gasteiger partial charge in [0.1, 0.15) is 13.2 Å². The maximum absolute atomic E-state index is 12.8. The third-order valence-electron chi connectivity index (χ3n) is 12.4. The average Bonchev–Trinajstić information content (AvgIpc) is 3.30. The van der Waals surface area contributed by atoms with Crippen molar-refractivity contribution in [3.63, 3.8) is 0 Å². The molecule has 0 aliphatic heterocycles. The molecule has 0 amide bonds. The number of carbonyl (C=O) groups is 3. The lowest BCUT2D eigenvalue weighted by molar-refractivity contribution is -0.167. The summed E-state index contributed by atoms with van der Waals surface area (Å²) in [6.07, 6.45) is 65.3. The second-order valence-corrected chi connectivity index (χ2v) is 18.9. The van der Waals surface area contributed by atoms with Crippen LogP contribution in [0.3, 0.4) is 0 Å². The zero-order valence-corrected chi connectivity index (χ0v) is 43.3. The largest absolute Gasteiger partial charge is 0.462 e. The number of esters is 3. The van der Waals surface area contributed by atoms with Crippen molar-refractivity contribution in [2.75, 3.05) is 13.2 Å². The molecule has 0 saturated heterocycles. The van der Waals surface area contributed by atoms with Gasteiger partial charge < -0.3 is 14.2 Å². The van der Waals surface area contributed by atoms with Crippen LogP contribution in [0.2, 0.25) is 0 Å². The lowest BCUT2D eigenvalue weighted by atomic mass is 10.0. The van der Waals surface area contributed by atoms with Crippen molar-refractivity contribution in [3.8, 4) is 0 Å². The van der Waals surface area contributed by atoms with Crippen LogP contribution in [0, 0.1) is 0 Å². The molecule has 378 valence electrons. The first-order valence-corrected chi connectivity index (χ1v) is 28.2. The van der Waals surface area contributed by atoms with Gasteiger partial charge in [-0.3, -0.25) is 14.4 Å². The van der Waals surface area contributed by atoms with Crippen LogP contribution in [0.25, 0.3) is 0 Å². The van der Waals surface area contributed by atoms with E-state index < -0.39 is 6.10 Å². The van der Waals surface area contributed by atoms with Crippen molar-refractivity contribution < 1.29 is 28.6 Å². The molecule has 0 aromatic carbocycles. The highest BCUT2D eigenvalue weighted by atomic mass is 16.6. The number of carbonyl (C=O) groups excluding carboxylic acids is 3. The van der Waals surface area contributed by atoms with Crippen molar-refractivity contribution in [1.82, 2.24) is 0 Å². The molecule has 0 saturated carbocycles. The van der Waals surface area contributed by atoms with Gasteiger partial charge in [0.25, 0.3) is 0 Å². The first-order chi connectivity index (χ1) is 32.0. The summed E-state index contributed by atoms with van der Waals surface area (Å²) in [6.45, 7) is 6.51. The van der Waals surface area contributed by atoms with E-state index in [2.05, 4.69) is 39.0 Å². The zero-order chi connectivity index (χ0) is 47.2. The first-order valence-electron chi connectivity index (χ1n) is 28.2. The SMILES string of the molecule is CC\C=C/C=C\C=C/C=C\CCCCCC(=O)OCC(COC(=O)CCCCCCCCCCCCCCCCCCCC)OC(=O)CCCCCCCCCCCCCCCCCC. The Morgan fingerprint density at radius 1 is 0.323 bits per heavy atom. The number of ether oxygens (including phenoxy) is 3. The minimum Gasteiger partial charge on any atom is -0.462 e. The normalized spacial score (nSPS) is 12.4. The highest BCUT2D eigenvalue weighted by Gasteiger charge is 2.19. The van der Waals surface area contributed by atoms with E-state index >= 15 is 0 Å². The van der Waals surface area contributed by atoms with E-state index in [1.54, 1.807) is 0 Å². The average molecular weight is 911 g/mol. The van der Waals surface area contributed by atoms with Gasteiger partial charge in [-0.15, -0.1) is 0 Å². The third kappa shape index (κ3) is 52.2. The van der Waals surface area contributed by atoms with Crippen molar-refractivity contribution in [2.24, 2.45) is 0 Å². The van der Waals surface area contributed by atoms with Crippen LogP contribution >= 0.6 is 0 Å². The number of unbranched alkanes of at least 4 members (excludes halogenated alkanes) is 35. The zero-order valence-electron chi connectivity index (χ0n) is 43.3. The van der Waals surface area contributed by atoms with E-state index in [0.717, 1.165) is 70.6 Å². The summed E-state index contributed by atoms with van der Waals surface area (Å²) in [5.41, 5.74) is 0. The second kappa shape index (κ2) is 54.0. The molecule has 0 spiro atoms. The Morgan fingerprint density at radius 3 is 0.938 bits per heavy atom. The van der Waals surface area contributed by atoms with E-state index in [4.69, 9.17) is 14.2 Å². The van der Waals surface area contributed by atoms with Crippen LogP contribution in [0.4, 0.5) is 0 Å². The summed E-state index contributed by atoms with van der Waals surface area (Å²) in [4.78, 5) is 38.1. The molecular formula is C59H106O6. The maximum atomic E-state index is 12.8. The molecule has 0 fully saturated rings. The lowest BCUT2D eigenvalue weighted by Gasteiger charge is -2.18. The van der Waals surface area contributed by atoms with Crippen LogP contribution < -0.4 is 0 Å². The number of hydrogen-bond acceptors (Lipinski definition) is 6. The molecule has 0 radical (unpaired) electrons. The molecule has 0 heterocycles. The summed E-state index contributed by atoms with van der Waals surface area (Å²) in [5.74, 6) is -0.906. The molecular weight excluding hydrogens is 805 g/mol. The molecule has 6 heteroatoms. The van der Waals surface area contributed by atoms with Crippen molar-refractivity contribution in [1.29, 1.82) is 0 Å². The van der Waals surface area contributed by atoms with E-state index in [0.29, 0.717) is 19.3 Å². The van der Waals surface area contributed by atoms with Crippen LogP contribution in [-0.2, 0) is 28.6 Å². The number of rotatable bonds is 51. The third-order valence-corrected chi connectivity index (χ3v) is 12.4. The second-order valence-electron chi connectivity index (χ2n) is 18.9. The van der Waals surface area contributed by atoms with Gasteiger partial charge in [-0.2, -0.15) is 0 Å². The Labute approximate surface area is 403 Å². The molecule has 1 atom stereocenters. The highest BCUT2D eigenvalue weighted by molar-refractivity contribution is 5.71. The predicted octanol–water partition coefficient (Wildman–Crippen LogP) is 18.7. The number of allylic oxidation sites excluding steroid dienone is 8. The molecule has 0 aromatic heterocycles. The van der Waals surface area contributed by atoms with Gasteiger partial charge in [0.2, 0.25) is 0 Å². The topological polar surface area (TPSA) is 78.9 Å². The Hall–Kier alpha value is -2.63. The highest BCUT2D eigenvalue weighted by Crippen LogP contribution is 2.17. The molecule has 1 unspecified atom stereocenters. The van der Waals surface area contributed by atoms with E-state index in [9.17, 15) is 14.4 Å². The lowest BCUT2D eigenvalue weighted by Crippen LogP contribution is -2.30. The van der Waals surface area contributed by atoms with Crippen LogP contribution in [0.5, 0.6) is 0 Å². The Morgan fingerprint density at radius 2 is 0.600 bits per heavy atom. The maximum Gasteiger partial charge on any atom is 0.306 e. The predicted molar refractivity (Wildman–Crippen MR) is 279 cm³/mol. The standard InChI is InChI=1S/C59H106O6/c1-4-7-10-13-16-19-22-25-27-29-30-32-34-37-40-43-46-49-52-58(61)64-55-56(54-63-57(60)51-48-45-42-39-36-33-24-21-18-15-12-9-6-3)65-59(62)53-50-47-44-41-38-35-31-28-26-23-20-17-14-11-8-5-2/h9,12,15,18,21,24,33,36,56H,4-8,10-11,13-14,16-17,19-20,22-23,25-32,34-35,37-55H2,1-3H3/b12-9-,18-15-,24-21-,36-33-. The summed E-state index contributed by atoms with van der Waals surface area (Å²) < 4.78 is 16.8. The molecule has 6 nitrogen and oxygen atoms in total. The van der Waals surface area contributed by atoms with Gasteiger partial charge in [-0.1, -0.05) is 281 Å². The fourth-order valence-corrected chi connectivity index (χ4v) is 8.22. The molecule has 0 N–H and O–H groups in total. The van der Waals surface area contributed by atoms with Crippen LogP contribution in [-0.4, -0.2) is 37.2 Å². The van der Waals surface area contributed by atoms with E-state index in [-0.39, 0.29) is 31.1 Å². The van der Waals surface area contributed by atoms with Gasteiger partial charge in [0, 0.05) is 19.3 Å². The Bertz CT molecular complexity index is 1140. The monoisotopic (exact) mass is 911 g/mol. The van der Waals surface area contributed by atoms with Crippen LogP contribution in [0.1, 0.15) is 290 Å². The van der Waals surface area contributed by atoms with Gasteiger partial charge in [0.15, 0.2) is 6.10 Å². The smallest absolute Gasteiger partial charge is 0.306 e. The quantitative estimate of drug-likeness (QED) is 0.0262. The van der Waals surface area contributed by atoms with Gasteiger partial charge in [0.05, 0.1) is 0 Å². The molecule has 0 aromatic rings. The summed E-state index contributed by atoms with van der Waals surface area (Å²) >= 11 is 0. The molecule has 0 aliphatic rings. The molecule has 0 rings (SSSR count). The van der Waals surface area contributed by atoms with Gasteiger partial charge in [-0.25, -0.2) is 0 Å². The fraction of sp³-hybridized carbons (Fsp3) is 0.814. The molecule has 0 bridgehead atoms. The Kier molecular flexibility index (Phi) is 51.8. The van der Waals surface area contributed by atoms with Crippen molar-refractivity contribution in [3.05, 3.63) is 48.6 Å². The molecule has 65 heavy (non-hydrogen) atoms. The fourth-order valence-electron chi connectivity index (χ4n) is 8.22. The first kappa shape index (κ1) is 62.4. The summed E-state index contributed by atoms with van der Waals surface area (Å²) in [6, 6.07) is 0. The van der Waals surface area contributed by atoms with Crippen molar-refractivity contribution in [2.45, 2.75) is 297 Å².